The summed E-state index contributed by atoms with van der Waals surface area (Å²) in [6.45, 7) is 16.5. The number of rotatable bonds is 0. The van der Waals surface area contributed by atoms with Crippen LogP contribution in [0.2, 0.25) is 0 Å². The first kappa shape index (κ1) is 169. The van der Waals surface area contributed by atoms with Gasteiger partial charge in [-0.1, -0.05) is 0 Å². The van der Waals surface area contributed by atoms with Crippen molar-refractivity contribution in [1.29, 1.82) is 10.5 Å². The van der Waals surface area contributed by atoms with E-state index in [0.29, 0.717) is 0 Å². The summed E-state index contributed by atoms with van der Waals surface area (Å²) in [6, 6.07) is 0. The molecule has 0 spiro atoms. The van der Waals surface area contributed by atoms with E-state index in [0.717, 1.165) is 0 Å². The van der Waals surface area contributed by atoms with Gasteiger partial charge in [-0.05, 0) is 0 Å². The molecule has 106 valence electrons. The molecule has 0 bridgehead atoms. The zero-order chi connectivity index (χ0) is 6.00. The van der Waals surface area contributed by atoms with Crippen molar-refractivity contribution in [2.75, 3.05) is 0 Å². The summed E-state index contributed by atoms with van der Waals surface area (Å²) >= 11 is 0. The van der Waals surface area contributed by atoms with Gasteiger partial charge in [-0.25, -0.2) is 0 Å². The second-order valence-electron chi connectivity index (χ2n) is 0. The quantitative estimate of drug-likeness (QED) is 0.338. The zero-order valence-electron chi connectivity index (χ0n) is 12.7. The second-order valence-corrected chi connectivity index (χ2v) is 0. The zero-order valence-corrected chi connectivity index (χ0v) is 91.8. The van der Waals surface area contributed by atoms with Crippen molar-refractivity contribution in [3.05, 3.63) is 26.3 Å². The number of hydrogen-bond acceptors (Lipinski definition) is 2. The molecule has 0 aromatic carbocycles. The minimum absolute atomic E-state index is 0. The molecule has 0 atom stereocenters. The van der Waals surface area contributed by atoms with Crippen LogP contribution >= 0.6 is 0 Å². The van der Waals surface area contributed by atoms with Crippen LogP contribution in [0.25, 0.3) is 0 Å². The molecule has 0 amide bonds. The van der Waals surface area contributed by atoms with Crippen molar-refractivity contribution >= 4 is 0 Å². The van der Waals surface area contributed by atoms with Gasteiger partial charge in [-0.15, -0.1) is 0 Å². The smallest absolute Gasteiger partial charge is 0.521 e. The molecule has 0 rings (SSSR count). The minimum atomic E-state index is 0. The van der Waals surface area contributed by atoms with Crippen molar-refractivity contribution in [2.45, 2.75) is 0 Å². The molecule has 2 nitrogen and oxygen atoms in total. The predicted molar refractivity (Wildman–Crippen MR) is 19.9 cm³/mol. The van der Waals surface area contributed by atoms with Crippen LogP contribution in [0.5, 0.6) is 0 Å². The summed E-state index contributed by atoms with van der Waals surface area (Å²) in [5.41, 5.74) is 0. The van der Waals surface area contributed by atoms with Gasteiger partial charge in [0.1, 0.15) is 0 Å². The summed E-state index contributed by atoms with van der Waals surface area (Å²) in [7, 11) is 0. The Kier molecular flexibility index (Phi) is 1440. The summed E-state index contributed by atoms with van der Waals surface area (Å²) in [4.78, 5) is 0. The molecule has 0 aliphatic carbocycles. The number of nitrogens with zero attached hydrogens (tertiary/aromatic N) is 2. The maximum absolute atomic E-state index is 6.25. The van der Waals surface area contributed by atoms with E-state index < -0.39 is 0 Å². The van der Waals surface area contributed by atoms with Crippen LogP contribution in [0.4, 0.5) is 0 Å². The van der Waals surface area contributed by atoms with Gasteiger partial charge in [0.15, 0.2) is 0 Å². The molecule has 0 aromatic heterocycles. The summed E-state index contributed by atoms with van der Waals surface area (Å²) in [6.07, 6.45) is 0. The van der Waals surface area contributed by atoms with E-state index >= 15 is 0 Å². The third-order valence-corrected chi connectivity index (χ3v) is 0. The molecule has 0 saturated heterocycles. The van der Waals surface area contributed by atoms with E-state index in [1.54, 1.807) is 0 Å². The molecule has 0 aliphatic rings. The predicted octanol–water partition coefficient (Wildman–Crippen LogP) is 0.798. The Labute approximate surface area is 606 Å². The Morgan fingerprint density at radius 3 is 0.320 bits per heavy atom. The Morgan fingerprint density at radius 2 is 0.320 bits per heavy atom. The van der Waals surface area contributed by atoms with Crippen molar-refractivity contribution in [2.24, 2.45) is 0 Å². The van der Waals surface area contributed by atoms with Crippen LogP contribution in [-0.2, 0) is 0 Å². The second kappa shape index (κ2) is 212. The standard InChI is InChI=1S/C2H3.2CN.19U/c3*1-2;;;;;;;;;;;;;;;;;;;/h1H,2H2;;;;;;;;;;;;;;;;;;;;;/q3*-1;;;;;;;;;;;;;;;;;;;+2. The molecule has 0 saturated carbocycles. The molecule has 0 fully saturated rings. The van der Waals surface area contributed by atoms with E-state index in [4.69, 9.17) is 23.7 Å². The van der Waals surface area contributed by atoms with Gasteiger partial charge in [0.05, 0.1) is 0 Å². The molecular weight excluding hydrogens is 4600 g/mol. The fourth-order valence-electron chi connectivity index (χ4n) is 0. The molecule has 21 heteroatoms. The molecule has 0 N–H and O–H groups in total. The fourth-order valence-corrected chi connectivity index (χ4v) is 0. The van der Waals surface area contributed by atoms with Crippen molar-refractivity contribution in [1.82, 2.24) is 0 Å². The number of hydrogen-bond donors (Lipinski definition) is 0. The van der Waals surface area contributed by atoms with Gasteiger partial charge >= 0.3 is 31.1 Å². The molecule has 0 unspecified atom stereocenters. The maximum Gasteiger partial charge on any atom is 2.00 e. The SMILES string of the molecule is [C-]#N.[C-]#N.[CH-]=C.[U+2].[U].[U].[U].[U].[U].[U].[U].[U].[U].[U].[U].[U].[U].[U].[U].[U].[U].[U]. The largest absolute Gasteiger partial charge is 2.00 e. The Hall–Kier alpha value is 18.7. The van der Waals surface area contributed by atoms with Gasteiger partial charge in [0.25, 0.3) is 0 Å². The molecular formula is C4H3N2U19-. The van der Waals surface area contributed by atoms with E-state index in [1.807, 2.05) is 0 Å². The van der Waals surface area contributed by atoms with Crippen LogP contribution < -0.4 is 0 Å². The third kappa shape index (κ3) is 202. The van der Waals surface area contributed by atoms with Crippen LogP contribution in [-0.4, -0.2) is 0 Å². The first-order chi connectivity index (χ1) is 3.00. The fraction of sp³-hybridized carbons (Fsp3) is 0. The normalized spacial score (nSPS) is 0.320. The minimum Gasteiger partial charge on any atom is -0.521 e. The Balaban J connectivity index is -0.000000000196. The van der Waals surface area contributed by atoms with Crippen molar-refractivity contribution < 1.29 is 591 Å². The average molecular weight is 4600 g/mol. The monoisotopic (exact) mass is 4600 g/mol. The van der Waals surface area contributed by atoms with Gasteiger partial charge < -0.3 is 30.2 Å². The summed E-state index contributed by atoms with van der Waals surface area (Å²) in [5, 5.41) is 12.5. The van der Waals surface area contributed by atoms with Crippen LogP contribution in [0.3, 0.4) is 0 Å². The van der Waals surface area contributed by atoms with Gasteiger partial charge in [-0.3, -0.25) is 6.58 Å². The third-order valence-electron chi connectivity index (χ3n) is 0. The molecule has 0 radical (unpaired) electrons. The average Bonchev–Trinajstić information content (AvgIpc) is 1.81. The molecule has 25 heavy (non-hydrogen) atoms. The molecule has 0 heterocycles. The first-order valence-corrected chi connectivity index (χ1v) is 0.855. The Morgan fingerprint density at radius 1 is 0.320 bits per heavy atom. The summed E-state index contributed by atoms with van der Waals surface area (Å²) < 4.78 is 0. The molecule has 0 aromatic rings. The summed E-state index contributed by atoms with van der Waals surface area (Å²) in [5.74, 6) is 0. The van der Waals surface area contributed by atoms with E-state index in [1.165, 1.54) is 0 Å². The Bertz CT molecular complexity index is 49.2. The van der Waals surface area contributed by atoms with E-state index in [9.17, 15) is 0 Å². The van der Waals surface area contributed by atoms with Crippen LogP contribution in [0.15, 0.2) is 6.58 Å². The topological polar surface area (TPSA) is 47.6 Å². The molecule has 0 aliphatic heterocycles. The first-order valence-electron chi connectivity index (χ1n) is 0.855. The maximum atomic E-state index is 6.25. The van der Waals surface area contributed by atoms with E-state index in [2.05, 4.69) is 13.2 Å². The van der Waals surface area contributed by atoms with E-state index in [-0.39, 0.29) is 591 Å². The van der Waals surface area contributed by atoms with Crippen molar-refractivity contribution in [3.63, 3.8) is 0 Å². The van der Waals surface area contributed by atoms with Gasteiger partial charge in [0, 0.05) is 560 Å². The van der Waals surface area contributed by atoms with Crippen LogP contribution in [0.1, 0.15) is 0 Å². The van der Waals surface area contributed by atoms with Crippen molar-refractivity contribution in [3.8, 4) is 0 Å². The van der Waals surface area contributed by atoms with Crippen LogP contribution in [0, 0.1) is 621 Å². The van der Waals surface area contributed by atoms with Gasteiger partial charge in [-0.2, -0.15) is 0 Å². The van der Waals surface area contributed by atoms with Gasteiger partial charge in [0.2, 0.25) is 0 Å².